The minimum atomic E-state index is -0.898. The Morgan fingerprint density at radius 1 is 1.29 bits per heavy atom. The lowest BCUT2D eigenvalue weighted by atomic mass is 10.1. The van der Waals surface area contributed by atoms with Crippen LogP contribution in [0.15, 0.2) is 18.2 Å². The highest BCUT2D eigenvalue weighted by Crippen LogP contribution is 2.14. The number of nitrogens with zero attached hydrogens (tertiary/aromatic N) is 1. The van der Waals surface area contributed by atoms with E-state index >= 15 is 0 Å². The van der Waals surface area contributed by atoms with Crippen molar-refractivity contribution < 1.29 is 18.4 Å². The number of carbonyl (C=O) groups is 2. The van der Waals surface area contributed by atoms with E-state index in [0.717, 1.165) is 18.6 Å². The highest BCUT2D eigenvalue weighted by Gasteiger charge is 2.24. The zero-order valence-corrected chi connectivity index (χ0v) is 12.2. The number of benzene rings is 1. The first-order valence-corrected chi connectivity index (χ1v) is 6.49. The van der Waals surface area contributed by atoms with Gasteiger partial charge in [-0.05, 0) is 18.6 Å². The summed E-state index contributed by atoms with van der Waals surface area (Å²) in [6, 6.07) is 2.78. The lowest BCUT2D eigenvalue weighted by Gasteiger charge is -2.15. The van der Waals surface area contributed by atoms with Gasteiger partial charge in [0.1, 0.15) is 11.6 Å². The Hall–Kier alpha value is -1.53. The fourth-order valence-electron chi connectivity index (χ4n) is 2.24. The molecular formula is C14H17ClF2N2O2. The molecule has 0 unspecified atom stereocenters. The summed E-state index contributed by atoms with van der Waals surface area (Å²) in [5.74, 6) is -2.29. The molecule has 1 saturated heterocycles. The van der Waals surface area contributed by atoms with Crippen molar-refractivity contribution in [2.45, 2.75) is 25.3 Å². The predicted molar refractivity (Wildman–Crippen MR) is 76.3 cm³/mol. The molecule has 0 aliphatic carbocycles. The Labute approximate surface area is 127 Å². The molecule has 1 aromatic carbocycles. The van der Waals surface area contributed by atoms with Crippen molar-refractivity contribution in [1.29, 1.82) is 0 Å². The largest absolute Gasteiger partial charge is 0.341 e. The molecule has 1 heterocycles. The zero-order chi connectivity index (χ0) is 14.7. The summed E-state index contributed by atoms with van der Waals surface area (Å²) >= 11 is 0. The molecular weight excluding hydrogens is 302 g/mol. The number of carbonyl (C=O) groups excluding carboxylic acids is 2. The van der Waals surface area contributed by atoms with Crippen molar-refractivity contribution >= 4 is 24.1 Å². The smallest absolute Gasteiger partial charge is 0.223 e. The van der Waals surface area contributed by atoms with Gasteiger partial charge in [0.25, 0.3) is 0 Å². The quantitative estimate of drug-likeness (QED) is 0.863. The summed E-state index contributed by atoms with van der Waals surface area (Å²) in [6.07, 6.45) is 0.682. The first-order valence-electron chi connectivity index (χ1n) is 6.49. The van der Waals surface area contributed by atoms with Crippen molar-refractivity contribution in [3.8, 4) is 0 Å². The van der Waals surface area contributed by atoms with Gasteiger partial charge in [-0.3, -0.25) is 9.59 Å². The van der Waals surface area contributed by atoms with Crippen molar-refractivity contribution in [3.05, 3.63) is 35.4 Å². The SMILES string of the molecule is Cl.N[C@@H]1CCN(C(=O)CCC(=O)c2ccc(F)cc2F)C1. The molecule has 0 spiro atoms. The van der Waals surface area contributed by atoms with Crippen LogP contribution in [-0.4, -0.2) is 35.7 Å². The van der Waals surface area contributed by atoms with Crippen LogP contribution in [0.3, 0.4) is 0 Å². The molecule has 116 valence electrons. The number of hydrogen-bond acceptors (Lipinski definition) is 3. The van der Waals surface area contributed by atoms with Gasteiger partial charge in [-0.25, -0.2) is 8.78 Å². The van der Waals surface area contributed by atoms with Gasteiger partial charge in [-0.2, -0.15) is 0 Å². The molecule has 0 aromatic heterocycles. The van der Waals surface area contributed by atoms with Crippen LogP contribution in [0, 0.1) is 11.6 Å². The number of amides is 1. The number of ketones is 1. The van der Waals surface area contributed by atoms with E-state index < -0.39 is 17.4 Å². The van der Waals surface area contributed by atoms with Gasteiger partial charge < -0.3 is 10.6 Å². The third kappa shape index (κ3) is 4.47. The van der Waals surface area contributed by atoms with E-state index in [4.69, 9.17) is 5.73 Å². The Kier molecular flexibility index (Phi) is 6.23. The van der Waals surface area contributed by atoms with Crippen LogP contribution in [0.25, 0.3) is 0 Å². The second kappa shape index (κ2) is 7.47. The highest BCUT2D eigenvalue weighted by molar-refractivity contribution is 5.98. The van der Waals surface area contributed by atoms with Crippen molar-refractivity contribution in [3.63, 3.8) is 0 Å². The molecule has 7 heteroatoms. The Bertz CT molecular complexity index is 540. The average molecular weight is 319 g/mol. The van der Waals surface area contributed by atoms with Crippen molar-refractivity contribution in [2.24, 2.45) is 5.73 Å². The van der Waals surface area contributed by atoms with E-state index in [1.165, 1.54) is 0 Å². The van der Waals surface area contributed by atoms with Crippen LogP contribution in [0.5, 0.6) is 0 Å². The number of nitrogens with two attached hydrogens (primary N) is 1. The summed E-state index contributed by atoms with van der Waals surface area (Å²) < 4.78 is 26.1. The molecule has 2 rings (SSSR count). The Morgan fingerprint density at radius 2 is 2.00 bits per heavy atom. The number of halogens is 3. The maximum absolute atomic E-state index is 13.4. The van der Waals surface area contributed by atoms with E-state index in [-0.39, 0.29) is 42.8 Å². The predicted octanol–water partition coefficient (Wildman–Crippen LogP) is 1.91. The van der Waals surface area contributed by atoms with E-state index in [0.29, 0.717) is 19.2 Å². The number of Topliss-reactive ketones (excluding diaryl/α,β-unsaturated/α-hetero) is 1. The van der Waals surface area contributed by atoms with Gasteiger partial charge in [0.15, 0.2) is 5.78 Å². The Balaban J connectivity index is 0.00000220. The second-order valence-corrected chi connectivity index (χ2v) is 4.94. The zero-order valence-electron chi connectivity index (χ0n) is 11.4. The molecule has 0 bridgehead atoms. The summed E-state index contributed by atoms with van der Waals surface area (Å²) in [7, 11) is 0. The number of hydrogen-bond donors (Lipinski definition) is 1. The van der Waals surface area contributed by atoms with Crippen molar-refractivity contribution in [2.75, 3.05) is 13.1 Å². The van der Waals surface area contributed by atoms with Gasteiger partial charge in [-0.1, -0.05) is 0 Å². The Morgan fingerprint density at radius 3 is 2.57 bits per heavy atom. The summed E-state index contributed by atoms with van der Waals surface area (Å²) in [4.78, 5) is 25.2. The summed E-state index contributed by atoms with van der Waals surface area (Å²) in [5, 5.41) is 0. The normalized spacial score (nSPS) is 17.5. The molecule has 1 amide bonds. The maximum Gasteiger partial charge on any atom is 0.223 e. The van der Waals surface area contributed by atoms with Crippen LogP contribution in [0.1, 0.15) is 29.6 Å². The van der Waals surface area contributed by atoms with Crippen LogP contribution < -0.4 is 5.73 Å². The summed E-state index contributed by atoms with van der Waals surface area (Å²) in [5.41, 5.74) is 5.51. The maximum atomic E-state index is 13.4. The molecule has 21 heavy (non-hydrogen) atoms. The topological polar surface area (TPSA) is 63.4 Å². The van der Waals surface area contributed by atoms with E-state index in [1.807, 2.05) is 0 Å². The number of likely N-dealkylation sites (tertiary alicyclic amines) is 1. The van der Waals surface area contributed by atoms with Gasteiger partial charge in [0.05, 0.1) is 5.56 Å². The van der Waals surface area contributed by atoms with Crippen LogP contribution in [0.2, 0.25) is 0 Å². The van der Waals surface area contributed by atoms with E-state index in [9.17, 15) is 18.4 Å². The molecule has 0 saturated carbocycles. The van der Waals surface area contributed by atoms with Crippen LogP contribution in [-0.2, 0) is 4.79 Å². The molecule has 1 atom stereocenters. The lowest BCUT2D eigenvalue weighted by molar-refractivity contribution is -0.130. The minimum absolute atomic E-state index is 0. The van der Waals surface area contributed by atoms with Crippen LogP contribution >= 0.6 is 12.4 Å². The van der Waals surface area contributed by atoms with E-state index in [2.05, 4.69) is 0 Å². The fraction of sp³-hybridized carbons (Fsp3) is 0.429. The highest BCUT2D eigenvalue weighted by atomic mass is 35.5. The van der Waals surface area contributed by atoms with Gasteiger partial charge >= 0.3 is 0 Å². The number of rotatable bonds is 4. The first-order chi connectivity index (χ1) is 9.47. The summed E-state index contributed by atoms with van der Waals surface area (Å²) in [6.45, 7) is 1.09. The second-order valence-electron chi connectivity index (χ2n) is 4.94. The van der Waals surface area contributed by atoms with Crippen molar-refractivity contribution in [1.82, 2.24) is 4.90 Å². The third-order valence-corrected chi connectivity index (χ3v) is 3.37. The van der Waals surface area contributed by atoms with E-state index in [1.54, 1.807) is 4.90 Å². The fourth-order valence-corrected chi connectivity index (χ4v) is 2.24. The van der Waals surface area contributed by atoms with Crippen LogP contribution in [0.4, 0.5) is 8.78 Å². The molecule has 1 aliphatic heterocycles. The minimum Gasteiger partial charge on any atom is -0.341 e. The van der Waals surface area contributed by atoms with Gasteiger partial charge in [0, 0.05) is 38.0 Å². The molecule has 0 radical (unpaired) electrons. The average Bonchev–Trinajstić information content (AvgIpc) is 2.82. The molecule has 4 nitrogen and oxygen atoms in total. The monoisotopic (exact) mass is 318 g/mol. The molecule has 1 aliphatic rings. The van der Waals surface area contributed by atoms with Gasteiger partial charge in [0.2, 0.25) is 5.91 Å². The lowest BCUT2D eigenvalue weighted by Crippen LogP contribution is -2.32. The molecule has 2 N–H and O–H groups in total. The third-order valence-electron chi connectivity index (χ3n) is 3.37. The first kappa shape index (κ1) is 17.5. The standard InChI is InChI=1S/C14H16F2N2O2.ClH/c15-9-1-2-11(12(16)7-9)13(19)3-4-14(20)18-6-5-10(17)8-18;/h1-2,7,10H,3-6,8,17H2;1H/t10-;/m1./s1. The molecule has 1 fully saturated rings. The van der Waals surface area contributed by atoms with Gasteiger partial charge in [-0.15, -0.1) is 12.4 Å². The molecule has 1 aromatic rings.